The fraction of sp³-hybridized carbons (Fsp3) is 0.611. The van der Waals surface area contributed by atoms with Gasteiger partial charge in [-0.2, -0.15) is 0 Å². The summed E-state index contributed by atoms with van der Waals surface area (Å²) in [7, 11) is -1.71. The molecule has 0 aromatic heterocycles. The number of nitrogens with one attached hydrogen (secondary N) is 1. The fourth-order valence-corrected chi connectivity index (χ4v) is 9.43. The lowest BCUT2D eigenvalue weighted by molar-refractivity contribution is 0.0957. The molecule has 1 aromatic rings. The van der Waals surface area contributed by atoms with Crippen molar-refractivity contribution in [3.63, 3.8) is 0 Å². The lowest BCUT2D eigenvalue weighted by atomic mass is 10.0. The Kier molecular flexibility index (Phi) is 4.39. The predicted molar refractivity (Wildman–Crippen MR) is 95.8 cm³/mol. The van der Waals surface area contributed by atoms with Crippen LogP contribution >= 0.6 is 11.6 Å². The van der Waals surface area contributed by atoms with E-state index in [2.05, 4.69) is 24.5 Å². The van der Waals surface area contributed by atoms with E-state index in [1.165, 1.54) is 30.9 Å². The Balaban J connectivity index is 2.00. The van der Waals surface area contributed by atoms with Crippen LogP contribution in [0.25, 0.3) is 0 Å². The van der Waals surface area contributed by atoms with Gasteiger partial charge in [-0.05, 0) is 48.4 Å². The number of carbonyl (C=O) groups excluding carboxylic acids is 1. The van der Waals surface area contributed by atoms with Gasteiger partial charge in [-0.25, -0.2) is 0 Å². The second kappa shape index (κ2) is 6.01. The summed E-state index contributed by atoms with van der Waals surface area (Å²) in [6.07, 6.45) is 5.59. The number of amides is 1. The molecule has 22 heavy (non-hydrogen) atoms. The highest BCUT2D eigenvalue weighted by Gasteiger charge is 2.49. The normalized spacial score (nSPS) is 27.2. The van der Waals surface area contributed by atoms with Crippen LogP contribution in [0.1, 0.15) is 43.0 Å². The topological polar surface area (TPSA) is 29.1 Å². The van der Waals surface area contributed by atoms with Gasteiger partial charge in [-0.3, -0.25) is 4.79 Å². The Hall–Kier alpha value is -0.803. The third-order valence-corrected chi connectivity index (χ3v) is 10.6. The average Bonchev–Trinajstić information content (AvgIpc) is 3.10. The molecule has 2 aliphatic rings. The molecule has 2 bridgehead atoms. The van der Waals surface area contributed by atoms with E-state index in [0.717, 1.165) is 22.9 Å². The van der Waals surface area contributed by atoms with Crippen molar-refractivity contribution in [2.75, 3.05) is 6.54 Å². The second-order valence-electron chi connectivity index (χ2n) is 7.52. The van der Waals surface area contributed by atoms with E-state index in [1.807, 2.05) is 19.1 Å². The molecule has 1 aromatic carbocycles. The highest BCUT2D eigenvalue weighted by atomic mass is 35.5. The molecule has 2 fully saturated rings. The van der Waals surface area contributed by atoms with Crippen molar-refractivity contribution in [1.82, 2.24) is 5.32 Å². The van der Waals surface area contributed by atoms with Crippen molar-refractivity contribution in [2.24, 2.45) is 11.8 Å². The van der Waals surface area contributed by atoms with Gasteiger partial charge < -0.3 is 5.32 Å². The molecule has 0 saturated heterocycles. The maximum atomic E-state index is 12.5. The maximum Gasteiger partial charge on any atom is 0.252 e. The number of carbonyl (C=O) groups is 1. The molecular weight excluding hydrogens is 310 g/mol. The van der Waals surface area contributed by atoms with E-state index < -0.39 is 8.07 Å². The molecule has 0 spiro atoms. The first kappa shape index (κ1) is 16.1. The Morgan fingerprint density at radius 1 is 1.32 bits per heavy atom. The van der Waals surface area contributed by atoms with Crippen molar-refractivity contribution in [1.29, 1.82) is 0 Å². The molecule has 1 amide bonds. The summed E-state index contributed by atoms with van der Waals surface area (Å²) in [5.74, 6) is 1.81. The summed E-state index contributed by atoms with van der Waals surface area (Å²) in [6, 6.07) is 6.03. The van der Waals surface area contributed by atoms with Crippen LogP contribution in [-0.2, 0) is 0 Å². The van der Waals surface area contributed by atoms with E-state index in [0.29, 0.717) is 11.6 Å². The van der Waals surface area contributed by atoms with Crippen LogP contribution in [-0.4, -0.2) is 20.5 Å². The van der Waals surface area contributed by atoms with Crippen molar-refractivity contribution < 1.29 is 4.79 Å². The van der Waals surface area contributed by atoms with Crippen LogP contribution in [0, 0.1) is 11.8 Å². The molecule has 2 aliphatic carbocycles. The van der Waals surface area contributed by atoms with Crippen molar-refractivity contribution in [2.45, 2.75) is 51.2 Å². The SMILES string of the molecule is CCNC(=O)c1c(Cl)cccc1[Si](C)(C)C1CC2CCC1C2. The minimum Gasteiger partial charge on any atom is -0.352 e. The molecule has 4 heteroatoms. The molecule has 3 atom stereocenters. The standard InChI is InChI=1S/C18H26ClNOSi/c1-4-20-18(21)17-14(19)6-5-7-15(17)22(2,3)16-11-12-8-9-13(16)10-12/h5-7,12-13,16H,4,8-11H2,1-3H3,(H,20,21). The molecule has 3 rings (SSSR count). The summed E-state index contributed by atoms with van der Waals surface area (Å²) in [6.45, 7) is 7.46. The predicted octanol–water partition coefficient (Wildman–Crippen LogP) is 4.20. The Bertz CT molecular complexity index is 586. The quantitative estimate of drug-likeness (QED) is 0.821. The Morgan fingerprint density at radius 2 is 2.09 bits per heavy atom. The largest absolute Gasteiger partial charge is 0.352 e. The highest BCUT2D eigenvalue weighted by Crippen LogP contribution is 2.55. The van der Waals surface area contributed by atoms with Gasteiger partial charge in [0.15, 0.2) is 0 Å². The molecule has 0 heterocycles. The first-order chi connectivity index (χ1) is 10.4. The van der Waals surface area contributed by atoms with Gasteiger partial charge in [-0.1, -0.05) is 49.7 Å². The zero-order valence-corrected chi connectivity index (χ0v) is 15.5. The first-order valence-electron chi connectivity index (χ1n) is 8.52. The number of rotatable bonds is 4. The van der Waals surface area contributed by atoms with Gasteiger partial charge in [-0.15, -0.1) is 0 Å². The van der Waals surface area contributed by atoms with E-state index in [-0.39, 0.29) is 5.91 Å². The number of benzene rings is 1. The zero-order chi connectivity index (χ0) is 15.9. The number of fused-ring (bicyclic) bond motifs is 2. The molecule has 1 N–H and O–H groups in total. The lowest BCUT2D eigenvalue weighted by Gasteiger charge is -2.37. The average molecular weight is 336 g/mol. The third-order valence-electron chi connectivity index (χ3n) is 5.94. The van der Waals surface area contributed by atoms with E-state index in [4.69, 9.17) is 11.6 Å². The van der Waals surface area contributed by atoms with Crippen LogP contribution < -0.4 is 10.5 Å². The minimum atomic E-state index is -1.71. The van der Waals surface area contributed by atoms with Gasteiger partial charge in [0.05, 0.1) is 18.7 Å². The molecule has 0 radical (unpaired) electrons. The van der Waals surface area contributed by atoms with Gasteiger partial charge in [0.25, 0.3) is 5.91 Å². The van der Waals surface area contributed by atoms with Gasteiger partial charge in [0, 0.05) is 6.54 Å². The van der Waals surface area contributed by atoms with Crippen LogP contribution in [0.2, 0.25) is 23.7 Å². The summed E-state index contributed by atoms with van der Waals surface area (Å²) >= 11 is 6.41. The molecular formula is C18H26ClNOSi. The van der Waals surface area contributed by atoms with Crippen LogP contribution in [0.3, 0.4) is 0 Å². The molecule has 3 unspecified atom stereocenters. The van der Waals surface area contributed by atoms with Gasteiger partial charge >= 0.3 is 0 Å². The molecule has 2 nitrogen and oxygen atoms in total. The Labute approximate surface area is 139 Å². The lowest BCUT2D eigenvalue weighted by Crippen LogP contribution is -2.51. The van der Waals surface area contributed by atoms with Crippen LogP contribution in [0.5, 0.6) is 0 Å². The van der Waals surface area contributed by atoms with Crippen LogP contribution in [0.4, 0.5) is 0 Å². The molecule has 2 saturated carbocycles. The number of halogens is 1. The first-order valence-corrected chi connectivity index (χ1v) is 12.0. The smallest absolute Gasteiger partial charge is 0.252 e. The molecule has 0 aliphatic heterocycles. The van der Waals surface area contributed by atoms with Crippen molar-refractivity contribution >= 4 is 30.8 Å². The van der Waals surface area contributed by atoms with E-state index in [1.54, 1.807) is 0 Å². The monoisotopic (exact) mass is 335 g/mol. The maximum absolute atomic E-state index is 12.5. The minimum absolute atomic E-state index is 0.00756. The van der Waals surface area contributed by atoms with Crippen molar-refractivity contribution in [3.8, 4) is 0 Å². The number of hydrogen-bond acceptors (Lipinski definition) is 1. The van der Waals surface area contributed by atoms with Crippen LogP contribution in [0.15, 0.2) is 18.2 Å². The Morgan fingerprint density at radius 3 is 2.68 bits per heavy atom. The fourth-order valence-electron chi connectivity index (χ4n) is 4.87. The van der Waals surface area contributed by atoms with E-state index >= 15 is 0 Å². The molecule has 120 valence electrons. The third kappa shape index (κ3) is 2.63. The van der Waals surface area contributed by atoms with Gasteiger partial charge in [0.2, 0.25) is 0 Å². The van der Waals surface area contributed by atoms with Crippen molar-refractivity contribution in [3.05, 3.63) is 28.8 Å². The van der Waals surface area contributed by atoms with E-state index in [9.17, 15) is 4.79 Å². The summed E-state index contributed by atoms with van der Waals surface area (Å²) in [5.41, 5.74) is 1.54. The van der Waals surface area contributed by atoms with Gasteiger partial charge in [0.1, 0.15) is 0 Å². The second-order valence-corrected chi connectivity index (χ2v) is 12.7. The zero-order valence-electron chi connectivity index (χ0n) is 13.8. The highest BCUT2D eigenvalue weighted by molar-refractivity contribution is 6.92. The summed E-state index contributed by atoms with van der Waals surface area (Å²) < 4.78 is 0. The summed E-state index contributed by atoms with van der Waals surface area (Å²) in [5, 5.41) is 4.80. The number of hydrogen-bond donors (Lipinski definition) is 1. The summed E-state index contributed by atoms with van der Waals surface area (Å²) in [4.78, 5) is 12.5.